The van der Waals surface area contributed by atoms with Gasteiger partial charge in [0.05, 0.1) is 18.7 Å². The number of aliphatic imine (C=N–C) groups is 1. The topological polar surface area (TPSA) is 476 Å². The van der Waals surface area contributed by atoms with Gasteiger partial charge in [-0.3, -0.25) is 43.3 Å². The standard InChI is InChI=1S/C43H76N16O11S/c1-24(53-39(66)33(30(60)22-47)57-36(63)25(48)10-2-4-16-44)35(62)52-23-32(61)54-27(12-6-18-46)41(68)59-20-8-14-29(59)38(65)58-34(31-15-9-21-71-31)40(67)55-26(11-3-5-17-45)37(64)56-28(42(69)70)13-7-19-51-43(49)50/h9,15,21,24-30,33-34,60H,2-8,10-14,16-20,22-23,44-48H2,1H3,(H,52,62)(H,53,66)(H,54,61)(H,55,67)(H,56,64)(H,57,63)(H,58,65)(H,69,70)(H4,49,50,51)/t24-,25-,26-,27+,28?,29-,30-,33-,34?/m0/s1. The van der Waals surface area contributed by atoms with Crippen molar-refractivity contribution in [2.24, 2.45) is 45.1 Å². The molecule has 1 aromatic heterocycles. The molecule has 71 heavy (non-hydrogen) atoms. The minimum absolute atomic E-state index is 0.0130. The van der Waals surface area contributed by atoms with Crippen molar-refractivity contribution in [2.75, 3.05) is 45.8 Å². The molecule has 0 aliphatic carbocycles. The van der Waals surface area contributed by atoms with Crippen LogP contribution in [0.1, 0.15) is 94.9 Å². The highest BCUT2D eigenvalue weighted by Gasteiger charge is 2.40. The van der Waals surface area contributed by atoms with Crippen molar-refractivity contribution >= 4 is 70.5 Å². The summed E-state index contributed by atoms with van der Waals surface area (Å²) in [5, 5.41) is 39.5. The number of carboxylic acid groups (broad SMARTS) is 1. The van der Waals surface area contributed by atoms with Gasteiger partial charge in [-0.2, -0.15) is 0 Å². The number of likely N-dealkylation sites (tertiary alicyclic amines) is 1. The van der Waals surface area contributed by atoms with Crippen molar-refractivity contribution in [3.8, 4) is 0 Å². The molecule has 0 aromatic carbocycles. The van der Waals surface area contributed by atoms with Crippen LogP contribution in [0.5, 0.6) is 0 Å². The number of carbonyl (C=O) groups is 9. The molecule has 28 heteroatoms. The number of aliphatic hydroxyl groups excluding tert-OH is 1. The van der Waals surface area contributed by atoms with Crippen LogP contribution in [0.3, 0.4) is 0 Å². The van der Waals surface area contributed by atoms with Crippen molar-refractivity contribution in [1.29, 1.82) is 0 Å². The quantitative estimate of drug-likeness (QED) is 0.0174. The largest absolute Gasteiger partial charge is 0.480 e. The number of guanidine groups is 1. The Hall–Kier alpha value is -6.04. The molecule has 1 aliphatic rings. The third-order valence-corrected chi connectivity index (χ3v) is 12.3. The number of rotatable bonds is 34. The van der Waals surface area contributed by atoms with E-state index in [-0.39, 0.29) is 70.5 Å². The average molecular weight is 1030 g/mol. The van der Waals surface area contributed by atoms with Crippen LogP contribution in [0.15, 0.2) is 22.5 Å². The molecular formula is C43H76N16O11S. The maximum absolute atomic E-state index is 14.1. The Balaban J connectivity index is 2.17. The highest BCUT2D eigenvalue weighted by molar-refractivity contribution is 7.10. The van der Waals surface area contributed by atoms with Gasteiger partial charge in [0, 0.05) is 24.5 Å². The number of unbranched alkanes of at least 4 members (excludes halogenated alkanes) is 2. The van der Waals surface area contributed by atoms with Gasteiger partial charge in [-0.25, -0.2) is 4.79 Å². The lowest BCUT2D eigenvalue weighted by molar-refractivity contribution is -0.143. The number of aliphatic carboxylic acids is 1. The maximum atomic E-state index is 14.1. The molecule has 0 radical (unpaired) electrons. The molecule has 8 amide bonds. The van der Waals surface area contributed by atoms with Crippen LogP contribution in [0, 0.1) is 0 Å². The highest BCUT2D eigenvalue weighted by atomic mass is 32.1. The molecule has 27 nitrogen and oxygen atoms in total. The van der Waals surface area contributed by atoms with Gasteiger partial charge in [-0.15, -0.1) is 11.3 Å². The van der Waals surface area contributed by atoms with E-state index in [0.717, 1.165) is 11.3 Å². The van der Waals surface area contributed by atoms with Crippen molar-refractivity contribution in [2.45, 2.75) is 138 Å². The van der Waals surface area contributed by atoms with E-state index >= 15 is 0 Å². The summed E-state index contributed by atoms with van der Waals surface area (Å²) in [6, 6.07) is -6.74. The van der Waals surface area contributed by atoms with E-state index in [2.05, 4.69) is 42.2 Å². The van der Waals surface area contributed by atoms with Gasteiger partial charge >= 0.3 is 5.97 Å². The maximum Gasteiger partial charge on any atom is 0.326 e. The van der Waals surface area contributed by atoms with Crippen LogP contribution in [-0.2, 0) is 43.2 Å². The van der Waals surface area contributed by atoms with E-state index < -0.39 is 121 Å². The van der Waals surface area contributed by atoms with E-state index in [1.807, 2.05) is 0 Å². The fourth-order valence-electron chi connectivity index (χ4n) is 7.40. The number of aliphatic hydroxyl groups is 1. The highest BCUT2D eigenvalue weighted by Crippen LogP contribution is 2.24. The fourth-order valence-corrected chi connectivity index (χ4v) is 8.17. The van der Waals surface area contributed by atoms with Crippen molar-refractivity contribution in [3.63, 3.8) is 0 Å². The van der Waals surface area contributed by atoms with E-state index in [1.54, 1.807) is 17.5 Å². The molecule has 0 bridgehead atoms. The van der Waals surface area contributed by atoms with Crippen LogP contribution >= 0.6 is 11.3 Å². The molecule has 1 aliphatic heterocycles. The zero-order chi connectivity index (χ0) is 53.0. The molecule has 9 atom stereocenters. The predicted molar refractivity (Wildman–Crippen MR) is 263 cm³/mol. The summed E-state index contributed by atoms with van der Waals surface area (Å²) in [6.45, 7) is 1.34. The number of nitrogens with zero attached hydrogens (tertiary/aromatic N) is 2. The normalized spacial score (nSPS) is 16.6. The molecule has 0 saturated carbocycles. The molecule has 0 spiro atoms. The molecule has 2 unspecified atom stereocenters. The molecule has 2 heterocycles. The molecule has 1 saturated heterocycles. The summed E-state index contributed by atoms with van der Waals surface area (Å²) in [7, 11) is 0. The summed E-state index contributed by atoms with van der Waals surface area (Å²) in [5.74, 6) is -7.63. The fraction of sp³-hybridized carbons (Fsp3) is 0.674. The van der Waals surface area contributed by atoms with Gasteiger partial charge in [0.15, 0.2) is 5.96 Å². The smallest absolute Gasteiger partial charge is 0.326 e. The second-order valence-electron chi connectivity index (χ2n) is 17.0. The zero-order valence-corrected chi connectivity index (χ0v) is 41.1. The third-order valence-electron chi connectivity index (χ3n) is 11.4. The molecule has 23 N–H and O–H groups in total. The van der Waals surface area contributed by atoms with Crippen molar-refractivity contribution < 1.29 is 53.4 Å². The number of nitrogens with one attached hydrogen (secondary N) is 7. The Kier molecular flexibility index (Phi) is 28.2. The van der Waals surface area contributed by atoms with E-state index in [0.29, 0.717) is 50.1 Å². The van der Waals surface area contributed by atoms with Gasteiger partial charge < -0.3 is 92.5 Å². The van der Waals surface area contributed by atoms with Gasteiger partial charge in [-0.05, 0) is 109 Å². The summed E-state index contributed by atoms with van der Waals surface area (Å²) < 4.78 is 0. The number of nitrogens with two attached hydrogens (primary N) is 7. The zero-order valence-electron chi connectivity index (χ0n) is 40.3. The first-order valence-corrected chi connectivity index (χ1v) is 24.6. The minimum Gasteiger partial charge on any atom is -0.480 e. The first-order chi connectivity index (χ1) is 33.8. The van der Waals surface area contributed by atoms with Gasteiger partial charge in [0.25, 0.3) is 0 Å². The Morgan fingerprint density at radius 3 is 1.99 bits per heavy atom. The molecular weight excluding hydrogens is 949 g/mol. The van der Waals surface area contributed by atoms with Gasteiger partial charge in [0.1, 0.15) is 42.3 Å². The second-order valence-corrected chi connectivity index (χ2v) is 18.0. The second kappa shape index (κ2) is 32.8. The third kappa shape index (κ3) is 21.5. The molecule has 2 rings (SSSR count). The van der Waals surface area contributed by atoms with Gasteiger partial charge in [-0.1, -0.05) is 12.5 Å². The number of carbonyl (C=O) groups excluding carboxylic acids is 8. The first-order valence-electron chi connectivity index (χ1n) is 23.7. The summed E-state index contributed by atoms with van der Waals surface area (Å²) in [4.78, 5) is 125. The van der Waals surface area contributed by atoms with Crippen molar-refractivity contribution in [1.82, 2.24) is 42.1 Å². The summed E-state index contributed by atoms with van der Waals surface area (Å²) in [6.07, 6.45) is 2.07. The van der Waals surface area contributed by atoms with Gasteiger partial charge in [0.2, 0.25) is 47.3 Å². The van der Waals surface area contributed by atoms with Crippen molar-refractivity contribution in [3.05, 3.63) is 22.4 Å². The van der Waals surface area contributed by atoms with E-state index in [9.17, 15) is 53.4 Å². The predicted octanol–water partition coefficient (Wildman–Crippen LogP) is -5.76. The van der Waals surface area contributed by atoms with Crippen LogP contribution in [0.4, 0.5) is 0 Å². The monoisotopic (exact) mass is 1020 g/mol. The molecule has 400 valence electrons. The first kappa shape index (κ1) is 61.1. The van der Waals surface area contributed by atoms with E-state index in [4.69, 9.17) is 40.1 Å². The molecule has 1 fully saturated rings. The molecule has 1 aromatic rings. The Morgan fingerprint density at radius 2 is 1.38 bits per heavy atom. The SMILES string of the molecule is C[C@H](NC(=O)[C@@H](NC(=O)[C@@H](N)CCCCN)[C@@H](O)CN)C(=O)NCC(=O)N[C@H](CCCN)C(=O)N1CCC[C@H]1C(=O)NC(C(=O)N[C@@H](CCCCN)C(=O)NC(CCCN=C(N)N)C(=O)O)c1cccs1. The van der Waals surface area contributed by atoms with Crippen LogP contribution < -0.4 is 77.4 Å². The summed E-state index contributed by atoms with van der Waals surface area (Å²) >= 11 is 1.15. The summed E-state index contributed by atoms with van der Waals surface area (Å²) in [5.41, 5.74) is 39.1. The number of amides is 8. The van der Waals surface area contributed by atoms with Crippen LogP contribution in [-0.4, -0.2) is 169 Å². The van der Waals surface area contributed by atoms with Crippen LogP contribution in [0.25, 0.3) is 0 Å². The average Bonchev–Trinajstić information content (AvgIpc) is 4.07. The Labute approximate surface area is 416 Å². The van der Waals surface area contributed by atoms with Crippen LogP contribution in [0.2, 0.25) is 0 Å². The minimum atomic E-state index is -1.56. The Bertz CT molecular complexity index is 1930. The number of thiophene rings is 1. The van der Waals surface area contributed by atoms with E-state index in [1.165, 1.54) is 11.8 Å². The lowest BCUT2D eigenvalue weighted by Crippen LogP contribution is -2.60. The Morgan fingerprint density at radius 1 is 0.746 bits per heavy atom. The number of hydrogen-bond acceptors (Lipinski definition) is 17. The lowest BCUT2D eigenvalue weighted by Gasteiger charge is -2.30. The number of hydrogen-bond donors (Lipinski definition) is 16. The lowest BCUT2D eigenvalue weighted by atomic mass is 10.1. The number of carboxylic acids is 1.